The maximum Gasteiger partial charge on any atom is 0.310 e. The Morgan fingerprint density at radius 3 is 2.36 bits per heavy atom. The first-order chi connectivity index (χ1) is 23.4. The molecule has 1 aromatic carbocycles. The number of benzene rings is 1. The third kappa shape index (κ3) is 6.13. The number of rotatable bonds is 8. The highest BCUT2D eigenvalue weighted by atomic mass is 32.5. The second-order valence-electron chi connectivity index (χ2n) is 12.7. The number of nitrogens with zero attached hydrogens (tertiary/aromatic N) is 8. The summed E-state index contributed by atoms with van der Waals surface area (Å²) in [4.78, 5) is 54.4. The van der Waals surface area contributed by atoms with Crippen molar-refractivity contribution in [2.45, 2.75) is 44.6 Å². The van der Waals surface area contributed by atoms with E-state index in [1.165, 1.54) is 15.8 Å². The SMILES string of the molecule is CCc1c(N2CCN(C(=O)c3ncnc(C)c3O)CC2)c(=O)n2nc(C3=C[C@H]4C[C@H]4C3)nc2n1CC(=O)Nc1ccc(S(F)(F)(F)(F)F)cc1. The Balaban J connectivity index is 1.21. The third-order valence-corrected chi connectivity index (χ3v) is 10.5. The minimum atomic E-state index is -9.90. The summed E-state index contributed by atoms with van der Waals surface area (Å²) in [6.45, 7) is 3.68. The Labute approximate surface area is 281 Å². The molecule has 19 heteroatoms. The zero-order valence-corrected chi connectivity index (χ0v) is 27.6. The highest BCUT2D eigenvalue weighted by Gasteiger charge is 2.65. The van der Waals surface area contributed by atoms with E-state index in [2.05, 4.69) is 31.4 Å². The maximum atomic E-state index is 14.1. The number of piperazine rings is 1. The van der Waals surface area contributed by atoms with E-state index in [0.717, 1.165) is 35.1 Å². The van der Waals surface area contributed by atoms with Gasteiger partial charge in [0.2, 0.25) is 11.7 Å². The molecule has 4 aromatic rings. The van der Waals surface area contributed by atoms with Crippen molar-refractivity contribution in [3.63, 3.8) is 0 Å². The van der Waals surface area contributed by atoms with Gasteiger partial charge >= 0.3 is 10.2 Å². The summed E-state index contributed by atoms with van der Waals surface area (Å²) in [5.41, 5.74) is 1.06. The molecule has 2 aliphatic carbocycles. The largest absolute Gasteiger partial charge is 0.504 e. The van der Waals surface area contributed by atoms with Gasteiger partial charge in [0.25, 0.3) is 11.5 Å². The first-order valence-corrected chi connectivity index (χ1v) is 17.8. The van der Waals surface area contributed by atoms with Gasteiger partial charge in [0.15, 0.2) is 17.3 Å². The zero-order chi connectivity index (χ0) is 35.8. The molecule has 1 saturated heterocycles. The van der Waals surface area contributed by atoms with Crippen LogP contribution in [0.4, 0.5) is 30.8 Å². The summed E-state index contributed by atoms with van der Waals surface area (Å²) < 4.78 is 68.7. The fraction of sp³-hybridized carbons (Fsp3) is 0.387. The average Bonchev–Trinajstić information content (AvgIpc) is 3.43. The lowest BCUT2D eigenvalue weighted by Gasteiger charge is -2.40. The van der Waals surface area contributed by atoms with Crippen molar-refractivity contribution in [3.8, 4) is 5.75 Å². The van der Waals surface area contributed by atoms with Crippen LogP contribution in [0.25, 0.3) is 11.4 Å². The van der Waals surface area contributed by atoms with Crippen LogP contribution in [0.5, 0.6) is 5.75 Å². The third-order valence-electron chi connectivity index (χ3n) is 9.30. The molecule has 266 valence electrons. The topological polar surface area (TPSA) is 151 Å². The van der Waals surface area contributed by atoms with Gasteiger partial charge in [-0.3, -0.25) is 14.4 Å². The van der Waals surface area contributed by atoms with Crippen LogP contribution >= 0.6 is 10.2 Å². The number of aromatic nitrogens is 6. The molecule has 3 aromatic heterocycles. The molecule has 1 saturated carbocycles. The molecular formula is C31H32F5N9O4S. The average molecular weight is 722 g/mol. The Morgan fingerprint density at radius 2 is 1.74 bits per heavy atom. The van der Waals surface area contributed by atoms with Crippen LogP contribution in [0.2, 0.25) is 0 Å². The minimum absolute atomic E-state index is 0.0851. The van der Waals surface area contributed by atoms with Gasteiger partial charge in [-0.05, 0) is 67.9 Å². The molecular weight excluding hydrogens is 689 g/mol. The summed E-state index contributed by atoms with van der Waals surface area (Å²) in [5.74, 6) is -0.122. The minimum Gasteiger partial charge on any atom is -0.504 e. The number of fused-ring (bicyclic) bond motifs is 2. The molecule has 4 heterocycles. The normalized spacial score (nSPS) is 20.3. The number of hydrogen-bond acceptors (Lipinski definition) is 9. The van der Waals surface area contributed by atoms with Gasteiger partial charge in [-0.1, -0.05) is 32.4 Å². The van der Waals surface area contributed by atoms with Crippen molar-refractivity contribution in [2.75, 3.05) is 36.4 Å². The highest BCUT2D eigenvalue weighted by Crippen LogP contribution is 3.02. The number of carbonyl (C=O) groups is 2. The molecule has 2 amide bonds. The van der Waals surface area contributed by atoms with Crippen molar-refractivity contribution in [3.05, 3.63) is 69.9 Å². The molecule has 2 N–H and O–H groups in total. The smallest absolute Gasteiger partial charge is 0.310 e. The number of carbonyl (C=O) groups excluding carboxylic acids is 2. The predicted molar refractivity (Wildman–Crippen MR) is 174 cm³/mol. The Kier molecular flexibility index (Phi) is 7.33. The van der Waals surface area contributed by atoms with Gasteiger partial charge in [0.1, 0.15) is 23.5 Å². The van der Waals surface area contributed by atoms with Gasteiger partial charge in [0, 0.05) is 31.9 Å². The molecule has 0 unspecified atom stereocenters. The zero-order valence-electron chi connectivity index (χ0n) is 26.8. The van der Waals surface area contributed by atoms with Crippen LogP contribution in [-0.4, -0.2) is 77.1 Å². The van der Waals surface area contributed by atoms with E-state index in [1.807, 2.05) is 0 Å². The number of amides is 2. The van der Waals surface area contributed by atoms with Gasteiger partial charge in [-0.25, -0.2) is 9.97 Å². The molecule has 3 aliphatic rings. The highest BCUT2D eigenvalue weighted by molar-refractivity contribution is 8.45. The number of aryl methyl sites for hydroxylation is 1. The summed E-state index contributed by atoms with van der Waals surface area (Å²) in [6.07, 6.45) is 5.38. The van der Waals surface area contributed by atoms with Crippen LogP contribution in [0.15, 0.2) is 46.4 Å². The summed E-state index contributed by atoms with van der Waals surface area (Å²) in [7, 11) is -9.90. The van der Waals surface area contributed by atoms with Gasteiger partial charge in [-0.15, -0.1) is 5.10 Å². The number of allylic oxidation sites excluding steroid dienone is 2. The van der Waals surface area contributed by atoms with Gasteiger partial charge < -0.3 is 24.8 Å². The van der Waals surface area contributed by atoms with Crippen LogP contribution in [0, 0.1) is 18.8 Å². The predicted octanol–water partition coefficient (Wildman–Crippen LogP) is 4.94. The first kappa shape index (κ1) is 33.4. The number of anilines is 2. The lowest BCUT2D eigenvalue weighted by molar-refractivity contribution is -0.116. The van der Waals surface area contributed by atoms with Crippen LogP contribution in [0.3, 0.4) is 0 Å². The molecule has 13 nitrogen and oxygen atoms in total. The molecule has 0 spiro atoms. The molecule has 0 bridgehead atoms. The standard InChI is InChI=1S/C31H32F5N9O4S/c1-3-23-26(42-8-10-43(11-9-42)29(48)25-27(47)17(2)37-16-38-25)30(49)45-31(40-28(41-45)20-13-18-12-19(18)14-20)44(23)15-24(46)39-21-4-6-22(7-5-21)50(32,33,34,35)36/h4-7,13,16,18-19,47H,3,8-12,14-15H2,1-2H3,(H,39,46)/t18-,19+/m1/s1. The fourth-order valence-electron chi connectivity index (χ4n) is 6.60. The Morgan fingerprint density at radius 1 is 1.04 bits per heavy atom. The van der Waals surface area contributed by atoms with Crippen LogP contribution < -0.4 is 15.8 Å². The van der Waals surface area contributed by atoms with E-state index >= 15 is 0 Å². The van der Waals surface area contributed by atoms with Gasteiger partial charge in [-0.2, -0.15) is 9.50 Å². The Bertz CT molecular complexity index is 2160. The second kappa shape index (κ2) is 11.0. The summed E-state index contributed by atoms with van der Waals surface area (Å²) >= 11 is 0. The summed E-state index contributed by atoms with van der Waals surface area (Å²) in [5, 5.41) is 17.3. The lowest BCUT2D eigenvalue weighted by atomic mass is 10.2. The maximum absolute atomic E-state index is 14.1. The quantitative estimate of drug-likeness (QED) is 0.241. The molecule has 2 atom stereocenters. The van der Waals surface area contributed by atoms with Crippen molar-refractivity contribution in [1.82, 2.24) is 34.0 Å². The fourth-order valence-corrected chi connectivity index (χ4v) is 7.25. The summed E-state index contributed by atoms with van der Waals surface area (Å²) in [6, 6.07) is 1.92. The monoisotopic (exact) mass is 721 g/mol. The molecule has 0 radical (unpaired) electrons. The number of halogens is 5. The molecule has 7 rings (SSSR count). The lowest BCUT2D eigenvalue weighted by Crippen LogP contribution is -2.51. The Hall–Kier alpha value is -5.07. The number of hydrogen-bond donors (Lipinski definition) is 2. The van der Waals surface area contributed by atoms with Crippen LogP contribution in [-0.2, 0) is 17.8 Å². The van der Waals surface area contributed by atoms with Crippen molar-refractivity contribution < 1.29 is 34.1 Å². The van der Waals surface area contributed by atoms with Gasteiger partial charge in [0.05, 0.1) is 11.4 Å². The van der Waals surface area contributed by atoms with Crippen molar-refractivity contribution in [1.29, 1.82) is 0 Å². The molecule has 50 heavy (non-hydrogen) atoms. The molecule has 1 aliphatic heterocycles. The van der Waals surface area contributed by atoms with Crippen molar-refractivity contribution >= 4 is 44.8 Å². The van der Waals surface area contributed by atoms with E-state index in [4.69, 9.17) is 0 Å². The van der Waals surface area contributed by atoms with Crippen molar-refractivity contribution in [2.24, 2.45) is 11.8 Å². The number of aromatic hydroxyl groups is 1. The van der Waals surface area contributed by atoms with Crippen LogP contribution in [0.1, 0.15) is 47.5 Å². The second-order valence-corrected chi connectivity index (χ2v) is 15.1. The number of nitrogens with one attached hydrogen (secondary N) is 1. The van der Waals surface area contributed by atoms with E-state index in [-0.39, 0.29) is 79.0 Å². The van der Waals surface area contributed by atoms with E-state index in [1.54, 1.807) is 18.7 Å². The first-order valence-electron chi connectivity index (χ1n) is 15.8. The van der Waals surface area contributed by atoms with E-state index in [0.29, 0.717) is 23.4 Å². The van der Waals surface area contributed by atoms with E-state index < -0.39 is 39.0 Å². The molecule has 2 fully saturated rings. The van der Waals surface area contributed by atoms with E-state index in [9.17, 15) is 38.9 Å².